The van der Waals surface area contributed by atoms with Gasteiger partial charge in [-0.25, -0.2) is 4.98 Å². The van der Waals surface area contributed by atoms with Crippen LogP contribution in [0.3, 0.4) is 0 Å². The Labute approximate surface area is 146 Å². The molecule has 0 aliphatic carbocycles. The van der Waals surface area contributed by atoms with Crippen LogP contribution >= 0.6 is 11.3 Å². The molecule has 2 aromatic rings. The van der Waals surface area contributed by atoms with Crippen LogP contribution in [0.5, 0.6) is 0 Å². The lowest BCUT2D eigenvalue weighted by Gasteiger charge is -2.38. The van der Waals surface area contributed by atoms with E-state index in [2.05, 4.69) is 15.3 Å². The summed E-state index contributed by atoms with van der Waals surface area (Å²) in [6.45, 7) is 4.03. The molecule has 1 N–H and O–H groups in total. The number of carbonyl (C=O) groups is 1. The smallest absolute Gasteiger partial charge is 0.228 e. The molecule has 2 aliphatic rings. The van der Waals surface area contributed by atoms with Gasteiger partial charge in [0.15, 0.2) is 0 Å². The first-order valence-corrected chi connectivity index (χ1v) is 9.45. The maximum Gasteiger partial charge on any atom is 0.228 e. The molecule has 6 heteroatoms. The molecule has 4 heterocycles. The topological polar surface area (TPSA) is 58.1 Å². The fourth-order valence-corrected chi connectivity index (χ4v) is 4.54. The van der Waals surface area contributed by atoms with E-state index in [1.807, 2.05) is 28.6 Å². The molecule has 2 aliphatic heterocycles. The molecule has 126 valence electrons. The molecule has 0 bridgehead atoms. The van der Waals surface area contributed by atoms with Crippen LogP contribution in [0.25, 0.3) is 10.6 Å². The predicted octanol–water partition coefficient (Wildman–Crippen LogP) is 2.35. The number of aromatic nitrogens is 2. The van der Waals surface area contributed by atoms with Crippen LogP contribution in [0.15, 0.2) is 29.9 Å². The van der Waals surface area contributed by atoms with Gasteiger partial charge in [-0.1, -0.05) is 0 Å². The first-order valence-electron chi connectivity index (χ1n) is 8.57. The first-order chi connectivity index (χ1) is 11.7. The molecular weight excluding hydrogens is 320 g/mol. The summed E-state index contributed by atoms with van der Waals surface area (Å²) in [6, 6.07) is 3.90. The van der Waals surface area contributed by atoms with Gasteiger partial charge >= 0.3 is 0 Å². The molecule has 0 aromatic carbocycles. The molecule has 5 nitrogen and oxygen atoms in total. The van der Waals surface area contributed by atoms with Gasteiger partial charge in [0.2, 0.25) is 5.91 Å². The Morgan fingerprint density at radius 2 is 2.21 bits per heavy atom. The summed E-state index contributed by atoms with van der Waals surface area (Å²) in [7, 11) is 0. The molecule has 24 heavy (non-hydrogen) atoms. The molecule has 4 rings (SSSR count). The van der Waals surface area contributed by atoms with Crippen molar-refractivity contribution in [1.29, 1.82) is 0 Å². The number of carbonyl (C=O) groups excluding carboxylic acids is 1. The van der Waals surface area contributed by atoms with Gasteiger partial charge in [0.05, 0.1) is 12.1 Å². The number of thiazole rings is 1. The Hall–Kier alpha value is -1.79. The Bertz CT molecular complexity index is 699. The average Bonchev–Trinajstić information content (AvgIpc) is 3.26. The molecular formula is C18H22N4OS. The van der Waals surface area contributed by atoms with Gasteiger partial charge in [0, 0.05) is 43.0 Å². The summed E-state index contributed by atoms with van der Waals surface area (Å²) in [5.74, 6) is 0.207. The van der Waals surface area contributed by atoms with Gasteiger partial charge in [-0.3, -0.25) is 9.78 Å². The lowest BCUT2D eigenvalue weighted by atomic mass is 9.78. The third kappa shape index (κ3) is 3.21. The quantitative estimate of drug-likeness (QED) is 0.930. The molecule has 2 fully saturated rings. The van der Waals surface area contributed by atoms with E-state index in [0.29, 0.717) is 11.8 Å². The molecule has 0 atom stereocenters. The highest BCUT2D eigenvalue weighted by Crippen LogP contribution is 2.37. The van der Waals surface area contributed by atoms with Crippen molar-refractivity contribution >= 4 is 17.2 Å². The number of amides is 1. The summed E-state index contributed by atoms with van der Waals surface area (Å²) in [5, 5.41) is 6.39. The number of nitrogens with one attached hydrogen (secondary N) is 1. The monoisotopic (exact) mass is 342 g/mol. The maximum absolute atomic E-state index is 12.6. The van der Waals surface area contributed by atoms with Crippen LogP contribution < -0.4 is 5.32 Å². The maximum atomic E-state index is 12.6. The summed E-state index contributed by atoms with van der Waals surface area (Å²) in [4.78, 5) is 23.3. The van der Waals surface area contributed by atoms with E-state index < -0.39 is 0 Å². The van der Waals surface area contributed by atoms with Crippen LogP contribution in [-0.2, 0) is 11.2 Å². The van der Waals surface area contributed by atoms with Crippen LogP contribution in [-0.4, -0.2) is 47.0 Å². The zero-order valence-electron chi connectivity index (χ0n) is 13.7. The second-order valence-corrected chi connectivity index (χ2v) is 7.73. The van der Waals surface area contributed by atoms with Crippen molar-refractivity contribution in [2.24, 2.45) is 5.41 Å². The number of rotatable bonds is 3. The third-order valence-corrected chi connectivity index (χ3v) is 6.24. The molecule has 0 radical (unpaired) electrons. The standard InChI is InChI=1S/C18H22N4OS/c23-16(22-8-4-18(5-9-22)3-7-20-13-18)10-15-12-24-17(21-15)14-2-1-6-19-11-14/h1-2,6,11-12,20H,3-5,7-10,13H2. The van der Waals surface area contributed by atoms with Gasteiger partial charge < -0.3 is 10.2 Å². The van der Waals surface area contributed by atoms with Crippen molar-refractivity contribution in [3.05, 3.63) is 35.6 Å². The highest BCUT2D eigenvalue weighted by Gasteiger charge is 2.37. The van der Waals surface area contributed by atoms with Crippen LogP contribution in [0.4, 0.5) is 0 Å². The lowest BCUT2D eigenvalue weighted by molar-refractivity contribution is -0.132. The number of pyridine rings is 1. The Balaban J connectivity index is 1.36. The van der Waals surface area contributed by atoms with E-state index in [1.54, 1.807) is 17.5 Å². The van der Waals surface area contributed by atoms with Crippen molar-refractivity contribution in [3.8, 4) is 10.6 Å². The summed E-state index contributed by atoms with van der Waals surface area (Å²) >= 11 is 1.58. The molecule has 1 amide bonds. The molecule has 2 saturated heterocycles. The number of piperidine rings is 1. The summed E-state index contributed by atoms with van der Waals surface area (Å²) in [6.07, 6.45) is 7.49. The summed E-state index contributed by atoms with van der Waals surface area (Å²) < 4.78 is 0. The van der Waals surface area contributed by atoms with Gasteiger partial charge in [0.1, 0.15) is 5.01 Å². The molecule has 0 saturated carbocycles. The zero-order valence-corrected chi connectivity index (χ0v) is 14.5. The Morgan fingerprint density at radius 1 is 1.33 bits per heavy atom. The van der Waals surface area contributed by atoms with Gasteiger partial charge in [0.25, 0.3) is 0 Å². The minimum absolute atomic E-state index is 0.207. The minimum atomic E-state index is 0.207. The molecule has 0 unspecified atom stereocenters. The van der Waals surface area contributed by atoms with E-state index >= 15 is 0 Å². The van der Waals surface area contributed by atoms with Crippen molar-refractivity contribution in [2.75, 3.05) is 26.2 Å². The van der Waals surface area contributed by atoms with E-state index in [0.717, 1.165) is 55.3 Å². The van der Waals surface area contributed by atoms with Gasteiger partial charge in [-0.05, 0) is 43.4 Å². The van der Waals surface area contributed by atoms with Crippen LogP contribution in [0.1, 0.15) is 25.0 Å². The van der Waals surface area contributed by atoms with E-state index in [9.17, 15) is 4.79 Å². The highest BCUT2D eigenvalue weighted by atomic mass is 32.1. The van der Waals surface area contributed by atoms with Gasteiger partial charge in [-0.15, -0.1) is 11.3 Å². The summed E-state index contributed by atoms with van der Waals surface area (Å²) in [5.41, 5.74) is 2.33. The van der Waals surface area contributed by atoms with Crippen LogP contribution in [0, 0.1) is 5.41 Å². The largest absolute Gasteiger partial charge is 0.342 e. The van der Waals surface area contributed by atoms with Crippen LogP contribution in [0.2, 0.25) is 0 Å². The number of hydrogen-bond donors (Lipinski definition) is 1. The van der Waals surface area contributed by atoms with Crippen molar-refractivity contribution in [1.82, 2.24) is 20.2 Å². The second-order valence-electron chi connectivity index (χ2n) is 6.87. The fraction of sp³-hybridized carbons (Fsp3) is 0.500. The lowest BCUT2D eigenvalue weighted by Crippen LogP contribution is -2.44. The normalized spacial score (nSPS) is 19.8. The number of hydrogen-bond acceptors (Lipinski definition) is 5. The average molecular weight is 342 g/mol. The predicted molar refractivity (Wildman–Crippen MR) is 94.8 cm³/mol. The SMILES string of the molecule is O=C(Cc1csc(-c2cccnc2)n1)N1CCC2(CCNC2)CC1. The Kier molecular flexibility index (Phi) is 4.33. The zero-order chi connectivity index (χ0) is 16.4. The molecule has 2 aromatic heterocycles. The first kappa shape index (κ1) is 15.7. The highest BCUT2D eigenvalue weighted by molar-refractivity contribution is 7.13. The van der Waals surface area contributed by atoms with Crippen molar-refractivity contribution in [2.45, 2.75) is 25.7 Å². The third-order valence-electron chi connectivity index (χ3n) is 5.30. The number of likely N-dealkylation sites (tertiary alicyclic amines) is 1. The van der Waals surface area contributed by atoms with E-state index in [4.69, 9.17) is 0 Å². The van der Waals surface area contributed by atoms with Gasteiger partial charge in [-0.2, -0.15) is 0 Å². The fourth-order valence-electron chi connectivity index (χ4n) is 3.73. The van der Waals surface area contributed by atoms with Crippen molar-refractivity contribution < 1.29 is 4.79 Å². The number of nitrogens with zero attached hydrogens (tertiary/aromatic N) is 3. The molecule has 1 spiro atoms. The second kappa shape index (κ2) is 6.61. The van der Waals surface area contributed by atoms with E-state index in [1.165, 1.54) is 6.42 Å². The Morgan fingerprint density at radius 3 is 2.92 bits per heavy atom. The minimum Gasteiger partial charge on any atom is -0.342 e. The van der Waals surface area contributed by atoms with Crippen molar-refractivity contribution in [3.63, 3.8) is 0 Å². The van der Waals surface area contributed by atoms with E-state index in [-0.39, 0.29) is 5.91 Å².